The van der Waals surface area contributed by atoms with Gasteiger partial charge in [0.15, 0.2) is 6.40 Å². The van der Waals surface area contributed by atoms with Gasteiger partial charge in [-0.3, -0.25) is 0 Å². The second-order valence-electron chi connectivity index (χ2n) is 2.71. The lowest BCUT2D eigenvalue weighted by molar-refractivity contribution is 0.423. The van der Waals surface area contributed by atoms with E-state index in [1.165, 1.54) is 17.5 Å². The summed E-state index contributed by atoms with van der Waals surface area (Å²) in [6, 6.07) is 6.10. The number of para-hydroxylation sites is 1. The van der Waals surface area contributed by atoms with Crippen LogP contribution in [-0.2, 0) is 4.74 Å². The lowest BCUT2D eigenvalue weighted by atomic mass is 10.1. The number of methoxy groups -OCH3 is 1. The van der Waals surface area contributed by atoms with E-state index >= 15 is 0 Å². The number of aryl methyl sites for hydroxylation is 2. The Morgan fingerprint density at radius 2 is 1.83 bits per heavy atom. The van der Waals surface area contributed by atoms with Crippen LogP contribution < -0.4 is 0 Å². The number of hydrogen-bond acceptors (Lipinski definition) is 2. The number of benzene rings is 1. The summed E-state index contributed by atoms with van der Waals surface area (Å²) in [6.45, 7) is 4.07. The number of nitrogens with zero attached hydrogens (tertiary/aromatic N) is 1. The summed E-state index contributed by atoms with van der Waals surface area (Å²) in [5.41, 5.74) is 3.34. The molecule has 0 heterocycles. The molecule has 1 aromatic rings. The lowest BCUT2D eigenvalue weighted by Gasteiger charge is -2.02. The van der Waals surface area contributed by atoms with Gasteiger partial charge < -0.3 is 4.74 Å². The Balaban J connectivity index is 3.04. The third-order valence-electron chi connectivity index (χ3n) is 1.73. The first-order chi connectivity index (χ1) is 5.75. The van der Waals surface area contributed by atoms with E-state index in [0.29, 0.717) is 0 Å². The highest BCUT2D eigenvalue weighted by Crippen LogP contribution is 2.22. The summed E-state index contributed by atoms with van der Waals surface area (Å²) in [5, 5.41) is 0. The molecule has 0 aromatic heterocycles. The summed E-state index contributed by atoms with van der Waals surface area (Å²) >= 11 is 0. The zero-order valence-electron chi connectivity index (χ0n) is 7.66. The molecule has 1 rings (SSSR count). The monoisotopic (exact) mass is 163 g/mol. The van der Waals surface area contributed by atoms with Gasteiger partial charge in [-0.2, -0.15) is 0 Å². The molecule has 64 valence electrons. The first-order valence-electron chi connectivity index (χ1n) is 3.87. The maximum atomic E-state index is 4.76. The van der Waals surface area contributed by atoms with Crippen LogP contribution in [0.3, 0.4) is 0 Å². The minimum atomic E-state index is 0.999. The van der Waals surface area contributed by atoms with Crippen LogP contribution >= 0.6 is 0 Å². The predicted octanol–water partition coefficient (Wildman–Crippen LogP) is 2.61. The molecule has 0 unspecified atom stereocenters. The number of rotatable bonds is 2. The quantitative estimate of drug-likeness (QED) is 0.485. The summed E-state index contributed by atoms with van der Waals surface area (Å²) < 4.78 is 4.76. The zero-order chi connectivity index (χ0) is 8.97. The van der Waals surface area contributed by atoms with Crippen molar-refractivity contribution in [2.24, 2.45) is 4.99 Å². The van der Waals surface area contributed by atoms with Gasteiger partial charge in [0.05, 0.1) is 12.8 Å². The van der Waals surface area contributed by atoms with Crippen LogP contribution in [0, 0.1) is 13.8 Å². The number of hydrogen-bond donors (Lipinski definition) is 0. The van der Waals surface area contributed by atoms with Crippen LogP contribution in [-0.4, -0.2) is 13.5 Å². The molecule has 0 saturated carbocycles. The fraction of sp³-hybridized carbons (Fsp3) is 0.300. The molecule has 2 heteroatoms. The van der Waals surface area contributed by atoms with Crippen LogP contribution in [0.5, 0.6) is 0 Å². The molecule has 0 fully saturated rings. The topological polar surface area (TPSA) is 21.6 Å². The SMILES string of the molecule is CO/C=N/c1c(C)cccc1C. The Kier molecular flexibility index (Phi) is 2.86. The highest BCUT2D eigenvalue weighted by atomic mass is 16.5. The molecular formula is C10H13NO. The molecule has 0 aliphatic carbocycles. The second kappa shape index (κ2) is 3.90. The van der Waals surface area contributed by atoms with Gasteiger partial charge in [0.1, 0.15) is 0 Å². The zero-order valence-corrected chi connectivity index (χ0v) is 7.66. The van der Waals surface area contributed by atoms with Gasteiger partial charge in [-0.1, -0.05) is 18.2 Å². The van der Waals surface area contributed by atoms with Crippen molar-refractivity contribution in [1.82, 2.24) is 0 Å². The Bertz CT molecular complexity index is 272. The van der Waals surface area contributed by atoms with E-state index in [1.807, 2.05) is 32.0 Å². The van der Waals surface area contributed by atoms with Crippen molar-refractivity contribution in [3.8, 4) is 0 Å². The van der Waals surface area contributed by atoms with Gasteiger partial charge in [-0.25, -0.2) is 4.99 Å². The molecule has 0 radical (unpaired) electrons. The van der Waals surface area contributed by atoms with E-state index in [0.717, 1.165) is 5.69 Å². The van der Waals surface area contributed by atoms with Gasteiger partial charge in [0.25, 0.3) is 0 Å². The Labute approximate surface area is 72.9 Å². The molecular weight excluding hydrogens is 150 g/mol. The van der Waals surface area contributed by atoms with E-state index < -0.39 is 0 Å². The van der Waals surface area contributed by atoms with Gasteiger partial charge in [0, 0.05) is 0 Å². The van der Waals surface area contributed by atoms with E-state index in [2.05, 4.69) is 4.99 Å². The minimum absolute atomic E-state index is 0.999. The van der Waals surface area contributed by atoms with Gasteiger partial charge in [0.2, 0.25) is 0 Å². The largest absolute Gasteiger partial charge is 0.486 e. The van der Waals surface area contributed by atoms with Crippen LogP contribution in [0.25, 0.3) is 0 Å². The van der Waals surface area contributed by atoms with Gasteiger partial charge in [-0.15, -0.1) is 0 Å². The fourth-order valence-corrected chi connectivity index (χ4v) is 1.11. The Morgan fingerprint density at radius 3 is 2.33 bits per heavy atom. The van der Waals surface area contributed by atoms with E-state index in [1.54, 1.807) is 7.11 Å². The maximum absolute atomic E-state index is 4.76. The molecule has 0 bridgehead atoms. The van der Waals surface area contributed by atoms with Crippen molar-refractivity contribution in [3.05, 3.63) is 29.3 Å². The average Bonchev–Trinajstić information content (AvgIpc) is 2.04. The molecule has 0 aliphatic heterocycles. The third-order valence-corrected chi connectivity index (χ3v) is 1.73. The van der Waals surface area contributed by atoms with Crippen LogP contribution in [0.15, 0.2) is 23.2 Å². The van der Waals surface area contributed by atoms with Crippen molar-refractivity contribution in [1.29, 1.82) is 0 Å². The number of ether oxygens (including phenoxy) is 1. The van der Waals surface area contributed by atoms with Crippen LogP contribution in [0.2, 0.25) is 0 Å². The predicted molar refractivity (Wildman–Crippen MR) is 51.1 cm³/mol. The molecule has 0 spiro atoms. The van der Waals surface area contributed by atoms with E-state index in [9.17, 15) is 0 Å². The molecule has 0 saturated heterocycles. The first-order valence-corrected chi connectivity index (χ1v) is 3.87. The van der Waals surface area contributed by atoms with Crippen LogP contribution in [0.4, 0.5) is 5.69 Å². The maximum Gasteiger partial charge on any atom is 0.174 e. The highest BCUT2D eigenvalue weighted by molar-refractivity contribution is 5.61. The second-order valence-corrected chi connectivity index (χ2v) is 2.71. The standard InChI is InChI=1S/C10H13NO/c1-8-5-4-6-9(2)10(8)11-7-12-3/h4-7H,1-3H3/b11-7+. The summed E-state index contributed by atoms with van der Waals surface area (Å²) in [5.74, 6) is 0. The fourth-order valence-electron chi connectivity index (χ4n) is 1.11. The minimum Gasteiger partial charge on any atom is -0.486 e. The molecule has 0 aliphatic rings. The van der Waals surface area contributed by atoms with Gasteiger partial charge >= 0.3 is 0 Å². The summed E-state index contributed by atoms with van der Waals surface area (Å²) in [7, 11) is 1.59. The third kappa shape index (κ3) is 1.84. The first kappa shape index (κ1) is 8.78. The molecule has 2 nitrogen and oxygen atoms in total. The van der Waals surface area contributed by atoms with Crippen molar-refractivity contribution >= 4 is 12.1 Å². The van der Waals surface area contributed by atoms with E-state index in [-0.39, 0.29) is 0 Å². The molecule has 0 amide bonds. The molecule has 12 heavy (non-hydrogen) atoms. The smallest absolute Gasteiger partial charge is 0.174 e. The normalized spacial score (nSPS) is 10.6. The van der Waals surface area contributed by atoms with Crippen molar-refractivity contribution < 1.29 is 4.74 Å². The summed E-state index contributed by atoms with van der Waals surface area (Å²) in [4.78, 5) is 4.18. The van der Waals surface area contributed by atoms with Crippen LogP contribution in [0.1, 0.15) is 11.1 Å². The lowest BCUT2D eigenvalue weighted by Crippen LogP contribution is -1.81. The Hall–Kier alpha value is -1.31. The van der Waals surface area contributed by atoms with Gasteiger partial charge in [-0.05, 0) is 25.0 Å². The average molecular weight is 163 g/mol. The van der Waals surface area contributed by atoms with E-state index in [4.69, 9.17) is 4.74 Å². The van der Waals surface area contributed by atoms with Crippen molar-refractivity contribution in [3.63, 3.8) is 0 Å². The molecule has 1 aromatic carbocycles. The highest BCUT2D eigenvalue weighted by Gasteiger charge is 1.97. The van der Waals surface area contributed by atoms with Crippen molar-refractivity contribution in [2.75, 3.05) is 7.11 Å². The van der Waals surface area contributed by atoms with Crippen molar-refractivity contribution in [2.45, 2.75) is 13.8 Å². The number of aliphatic imine (C=N–C) groups is 1. The molecule has 0 N–H and O–H groups in total. The Morgan fingerprint density at radius 1 is 1.25 bits per heavy atom. The molecule has 0 atom stereocenters. The summed E-state index contributed by atoms with van der Waals surface area (Å²) in [6.07, 6.45) is 1.45.